The zero-order valence-corrected chi connectivity index (χ0v) is 30.4. The third kappa shape index (κ3) is 8.39. The van der Waals surface area contributed by atoms with Crippen LogP contribution in [0, 0.1) is 6.92 Å². The summed E-state index contributed by atoms with van der Waals surface area (Å²) in [6, 6.07) is 40.4. The number of hydrogen-bond donors (Lipinski definition) is 0. The van der Waals surface area contributed by atoms with Gasteiger partial charge in [-0.15, -0.1) is 69.1 Å². The fourth-order valence-electron chi connectivity index (χ4n) is 5.57. The molecule has 0 aliphatic carbocycles. The molecule has 0 saturated carbocycles. The minimum atomic E-state index is 0. The molecule has 0 amide bonds. The van der Waals surface area contributed by atoms with Gasteiger partial charge in [0, 0.05) is 0 Å². The van der Waals surface area contributed by atoms with Crippen LogP contribution < -0.4 is 24.8 Å². The third-order valence-corrected chi connectivity index (χ3v) is 8.11. The number of rotatable bonds is 5. The summed E-state index contributed by atoms with van der Waals surface area (Å²) in [5, 5.41) is 5.42. The van der Waals surface area contributed by atoms with Crippen LogP contribution in [0.5, 0.6) is 0 Å². The van der Waals surface area contributed by atoms with Crippen molar-refractivity contribution >= 4 is 21.5 Å². The minimum absolute atomic E-state index is 0. The molecule has 0 nitrogen and oxygen atoms in total. The fraction of sp³-hybridized carbons (Fsp3) is 0.250. The summed E-state index contributed by atoms with van der Waals surface area (Å²) in [7, 11) is 0. The van der Waals surface area contributed by atoms with Crippen molar-refractivity contribution in [3.63, 3.8) is 0 Å². The van der Waals surface area contributed by atoms with Crippen LogP contribution in [0.25, 0.3) is 43.8 Å². The van der Waals surface area contributed by atoms with Gasteiger partial charge < -0.3 is 24.8 Å². The topological polar surface area (TPSA) is 0 Å². The number of halogens is 2. The maximum absolute atomic E-state index is 2.35. The van der Waals surface area contributed by atoms with Crippen molar-refractivity contribution in [3.05, 3.63) is 131 Å². The van der Waals surface area contributed by atoms with E-state index in [9.17, 15) is 0 Å². The van der Waals surface area contributed by atoms with E-state index in [1.807, 2.05) is 0 Å². The standard InChI is InChI=1S/C21H23.C19H19.2ClH.Zr/c1-14(2)16-8-10-17(11-9-16)20-7-5-6-18-12-19(15(3)4)13-21(18)20;1-13(2)15-7-9-16(10-8-15)18-6-4-5-17-11-14(3)12-19(17)18;;;/h5-15H,1-4H3;4-13H,1-3H3;2*1H;/q2*-1;;;+4/p-2. The van der Waals surface area contributed by atoms with E-state index >= 15 is 0 Å². The molecule has 6 rings (SSSR count). The Kier molecular flexibility index (Phi) is 13.7. The van der Waals surface area contributed by atoms with Gasteiger partial charge in [0.1, 0.15) is 0 Å². The van der Waals surface area contributed by atoms with Crippen LogP contribution in [-0.2, 0) is 26.2 Å². The maximum Gasteiger partial charge on any atom is 4.00 e. The molecule has 0 atom stereocenters. The van der Waals surface area contributed by atoms with Gasteiger partial charge in [0.15, 0.2) is 0 Å². The quantitative estimate of drug-likeness (QED) is 0.192. The Labute approximate surface area is 290 Å². The first kappa shape index (κ1) is 36.8. The Morgan fingerprint density at radius 2 is 0.907 bits per heavy atom. The predicted octanol–water partition coefficient (Wildman–Crippen LogP) is 6.14. The second kappa shape index (κ2) is 16.0. The maximum atomic E-state index is 2.35. The van der Waals surface area contributed by atoms with Gasteiger partial charge in [-0.3, -0.25) is 0 Å². The van der Waals surface area contributed by atoms with Gasteiger partial charge in [0.25, 0.3) is 0 Å². The molecule has 0 heterocycles. The molecule has 0 fully saturated rings. The van der Waals surface area contributed by atoms with Gasteiger partial charge in [-0.05, 0) is 40.0 Å². The molecule has 0 aromatic heterocycles. The zero-order chi connectivity index (χ0) is 28.4. The Balaban J connectivity index is 0.000000282. The summed E-state index contributed by atoms with van der Waals surface area (Å²) < 4.78 is 0. The second-order valence-electron chi connectivity index (χ2n) is 12.1. The molecule has 6 aromatic rings. The predicted molar refractivity (Wildman–Crippen MR) is 177 cm³/mol. The van der Waals surface area contributed by atoms with Crippen molar-refractivity contribution in [2.45, 2.75) is 66.2 Å². The Morgan fingerprint density at radius 1 is 0.488 bits per heavy atom. The molecule has 0 unspecified atom stereocenters. The van der Waals surface area contributed by atoms with Crippen molar-refractivity contribution in [3.8, 4) is 22.3 Å². The van der Waals surface area contributed by atoms with E-state index in [4.69, 9.17) is 0 Å². The molecule has 0 aliphatic rings. The van der Waals surface area contributed by atoms with Crippen molar-refractivity contribution in [2.24, 2.45) is 0 Å². The summed E-state index contributed by atoms with van der Waals surface area (Å²) in [5.74, 6) is 1.75. The van der Waals surface area contributed by atoms with Crippen LogP contribution in [0.2, 0.25) is 0 Å². The van der Waals surface area contributed by atoms with Gasteiger partial charge >= 0.3 is 26.2 Å². The molecule has 0 radical (unpaired) electrons. The molecule has 220 valence electrons. The van der Waals surface area contributed by atoms with E-state index in [2.05, 4.69) is 158 Å². The zero-order valence-electron chi connectivity index (χ0n) is 26.4. The van der Waals surface area contributed by atoms with Crippen LogP contribution in [-0.4, -0.2) is 0 Å². The third-order valence-electron chi connectivity index (χ3n) is 8.11. The van der Waals surface area contributed by atoms with Crippen LogP contribution in [0.1, 0.15) is 81.5 Å². The van der Waals surface area contributed by atoms with Crippen molar-refractivity contribution < 1.29 is 51.0 Å². The van der Waals surface area contributed by atoms with Gasteiger partial charge in [0.05, 0.1) is 0 Å². The van der Waals surface area contributed by atoms with Crippen LogP contribution >= 0.6 is 0 Å². The van der Waals surface area contributed by atoms with Gasteiger partial charge in [-0.1, -0.05) is 120 Å². The van der Waals surface area contributed by atoms with E-state index in [-0.39, 0.29) is 51.0 Å². The average Bonchev–Trinajstić information content (AvgIpc) is 3.56. The SMILES string of the molecule is CC(C)c1ccc(-c2cccc3[cH-]c(C(C)C)cc23)cc1.Cc1cc2c(-c3ccc(C(C)C)cc3)cccc2[cH-]1.[Cl-].[Cl-].[Zr+4]. The van der Waals surface area contributed by atoms with Crippen molar-refractivity contribution in [1.82, 2.24) is 0 Å². The molecule has 0 spiro atoms. The molecule has 0 aliphatic heterocycles. The normalized spacial score (nSPS) is 10.7. The monoisotopic (exact) mass is 682 g/mol. The molecule has 0 bridgehead atoms. The number of hydrogen-bond acceptors (Lipinski definition) is 0. The van der Waals surface area contributed by atoms with E-state index in [1.165, 1.54) is 66.1 Å². The first-order valence-corrected chi connectivity index (χ1v) is 14.8. The largest absolute Gasteiger partial charge is 4.00 e. The van der Waals surface area contributed by atoms with E-state index in [0.717, 1.165) is 0 Å². The summed E-state index contributed by atoms with van der Waals surface area (Å²) >= 11 is 0. The van der Waals surface area contributed by atoms with Crippen molar-refractivity contribution in [2.75, 3.05) is 0 Å². The molecule has 0 saturated heterocycles. The second-order valence-corrected chi connectivity index (χ2v) is 12.1. The molecule has 6 aromatic carbocycles. The van der Waals surface area contributed by atoms with Gasteiger partial charge in [-0.25, -0.2) is 0 Å². The molecular weight excluding hydrogens is 643 g/mol. The average molecular weight is 685 g/mol. The van der Waals surface area contributed by atoms with Gasteiger partial charge in [-0.2, -0.15) is 12.1 Å². The van der Waals surface area contributed by atoms with Crippen LogP contribution in [0.15, 0.2) is 109 Å². The first-order valence-electron chi connectivity index (χ1n) is 14.8. The Morgan fingerprint density at radius 3 is 1.33 bits per heavy atom. The number of fused-ring (bicyclic) bond motifs is 2. The molecular formula is C40H42Cl2Zr. The summed E-state index contributed by atoms with van der Waals surface area (Å²) in [5.41, 5.74) is 10.9. The van der Waals surface area contributed by atoms with Crippen molar-refractivity contribution in [1.29, 1.82) is 0 Å². The van der Waals surface area contributed by atoms with E-state index in [0.29, 0.717) is 17.8 Å². The first-order chi connectivity index (χ1) is 19.2. The number of aryl methyl sites for hydroxylation is 1. The van der Waals surface area contributed by atoms with E-state index < -0.39 is 0 Å². The Bertz CT molecular complexity index is 1720. The number of benzene rings is 4. The van der Waals surface area contributed by atoms with Gasteiger partial charge in [0.2, 0.25) is 0 Å². The summed E-state index contributed by atoms with van der Waals surface area (Å²) in [6.07, 6.45) is 0. The summed E-state index contributed by atoms with van der Waals surface area (Å²) in [4.78, 5) is 0. The smallest absolute Gasteiger partial charge is 1.00 e. The van der Waals surface area contributed by atoms with E-state index in [1.54, 1.807) is 0 Å². The fourth-order valence-corrected chi connectivity index (χ4v) is 5.57. The summed E-state index contributed by atoms with van der Waals surface area (Å²) in [6.45, 7) is 15.6. The van der Waals surface area contributed by atoms with Crippen LogP contribution in [0.4, 0.5) is 0 Å². The minimum Gasteiger partial charge on any atom is -1.00 e. The van der Waals surface area contributed by atoms with Crippen LogP contribution in [0.3, 0.4) is 0 Å². The molecule has 3 heteroatoms. The Hall–Kier alpha value is -2.44. The molecule has 43 heavy (non-hydrogen) atoms. The molecule has 0 N–H and O–H groups in total.